The molecule has 0 saturated heterocycles. The van der Waals surface area contributed by atoms with Crippen molar-refractivity contribution in [3.05, 3.63) is 93.0 Å². The van der Waals surface area contributed by atoms with Gasteiger partial charge in [0.05, 0.1) is 18.2 Å². The highest BCUT2D eigenvalue weighted by Gasteiger charge is 2.20. The molecule has 9 nitrogen and oxygen atoms in total. The van der Waals surface area contributed by atoms with Gasteiger partial charge in [0, 0.05) is 11.1 Å². The molecule has 10 heteroatoms. The summed E-state index contributed by atoms with van der Waals surface area (Å²) >= 11 is 5.90. The number of benzene rings is 3. The average molecular weight is 484 g/mol. The van der Waals surface area contributed by atoms with Gasteiger partial charge >= 0.3 is 5.69 Å². The number of carbonyl (C=O) groups excluding carboxylic acids is 1. The molecule has 0 aliphatic heterocycles. The van der Waals surface area contributed by atoms with E-state index < -0.39 is 16.9 Å². The zero-order valence-electron chi connectivity index (χ0n) is 18.4. The number of hydrazone groups is 1. The van der Waals surface area contributed by atoms with Gasteiger partial charge in [0.2, 0.25) is 0 Å². The lowest BCUT2D eigenvalue weighted by molar-refractivity contribution is -0.386. The van der Waals surface area contributed by atoms with Crippen LogP contribution in [0.2, 0.25) is 5.02 Å². The maximum Gasteiger partial charge on any atom is 0.310 e. The molecule has 0 spiro atoms. The lowest BCUT2D eigenvalue weighted by atomic mass is 10.2. The molecule has 3 rings (SSSR count). The van der Waals surface area contributed by atoms with Crippen LogP contribution in [0, 0.1) is 10.1 Å². The van der Waals surface area contributed by atoms with E-state index in [-0.39, 0.29) is 11.4 Å². The number of methoxy groups -OCH3 is 1. The van der Waals surface area contributed by atoms with Crippen molar-refractivity contribution in [2.75, 3.05) is 7.11 Å². The minimum absolute atomic E-state index is 0.00180. The van der Waals surface area contributed by atoms with E-state index in [2.05, 4.69) is 10.5 Å². The van der Waals surface area contributed by atoms with Gasteiger partial charge in [0.15, 0.2) is 23.4 Å². The van der Waals surface area contributed by atoms with Crippen LogP contribution in [0.5, 0.6) is 17.2 Å². The molecule has 3 aromatic carbocycles. The van der Waals surface area contributed by atoms with E-state index in [1.807, 2.05) is 12.1 Å². The van der Waals surface area contributed by atoms with Crippen molar-refractivity contribution >= 4 is 29.4 Å². The van der Waals surface area contributed by atoms with Gasteiger partial charge in [-0.2, -0.15) is 5.10 Å². The summed E-state index contributed by atoms with van der Waals surface area (Å²) in [4.78, 5) is 22.8. The predicted octanol–water partition coefficient (Wildman–Crippen LogP) is 4.75. The molecular formula is C24H22ClN3O6. The summed E-state index contributed by atoms with van der Waals surface area (Å²) in [6, 6.07) is 18.3. The average Bonchev–Trinajstić information content (AvgIpc) is 2.84. The minimum Gasteiger partial charge on any atom is -0.493 e. The molecule has 0 aliphatic rings. The van der Waals surface area contributed by atoms with Crippen LogP contribution < -0.4 is 19.6 Å². The second kappa shape index (κ2) is 11.7. The number of nitrogens with one attached hydrogen (secondary N) is 1. The van der Waals surface area contributed by atoms with Crippen molar-refractivity contribution in [3.63, 3.8) is 0 Å². The molecular weight excluding hydrogens is 462 g/mol. The van der Waals surface area contributed by atoms with Gasteiger partial charge in [-0.1, -0.05) is 35.9 Å². The summed E-state index contributed by atoms with van der Waals surface area (Å²) in [7, 11) is 1.52. The first-order valence-corrected chi connectivity index (χ1v) is 10.5. The van der Waals surface area contributed by atoms with Gasteiger partial charge in [0.1, 0.15) is 6.61 Å². The van der Waals surface area contributed by atoms with Crippen LogP contribution in [0.1, 0.15) is 18.1 Å². The van der Waals surface area contributed by atoms with Crippen LogP contribution in [0.15, 0.2) is 71.8 Å². The van der Waals surface area contributed by atoms with Crippen molar-refractivity contribution in [2.24, 2.45) is 5.10 Å². The zero-order valence-corrected chi connectivity index (χ0v) is 19.2. The first-order chi connectivity index (χ1) is 16.4. The fourth-order valence-corrected chi connectivity index (χ4v) is 2.96. The summed E-state index contributed by atoms with van der Waals surface area (Å²) in [6.45, 7) is 1.81. The second-order valence-corrected chi connectivity index (χ2v) is 7.48. The number of halogens is 1. The van der Waals surface area contributed by atoms with Gasteiger partial charge < -0.3 is 14.2 Å². The number of para-hydroxylation sites is 2. The largest absolute Gasteiger partial charge is 0.493 e. The van der Waals surface area contributed by atoms with Crippen LogP contribution in [-0.2, 0) is 11.4 Å². The number of amides is 1. The third-order valence-corrected chi connectivity index (χ3v) is 4.87. The molecule has 0 bridgehead atoms. The van der Waals surface area contributed by atoms with E-state index in [0.29, 0.717) is 28.7 Å². The number of nitrogens with zero attached hydrogens (tertiary/aromatic N) is 2. The molecule has 0 saturated carbocycles. The number of hydrogen-bond acceptors (Lipinski definition) is 7. The molecule has 0 aromatic heterocycles. The summed E-state index contributed by atoms with van der Waals surface area (Å²) in [5, 5.41) is 15.7. The Hall–Kier alpha value is -4.11. The topological polar surface area (TPSA) is 112 Å². The van der Waals surface area contributed by atoms with Crippen LogP contribution in [0.4, 0.5) is 5.69 Å². The van der Waals surface area contributed by atoms with E-state index in [9.17, 15) is 14.9 Å². The Labute approximate surface area is 201 Å². The van der Waals surface area contributed by atoms with Crippen molar-refractivity contribution in [1.29, 1.82) is 0 Å². The molecule has 0 fully saturated rings. The van der Waals surface area contributed by atoms with Crippen molar-refractivity contribution in [1.82, 2.24) is 5.43 Å². The SMILES string of the molecule is COc1cc(/C=N\NC(=O)[C@H](C)Oc2ccccc2[N+](=O)[O-])ccc1OCc1ccc(Cl)cc1. The van der Waals surface area contributed by atoms with Gasteiger partial charge in [-0.3, -0.25) is 14.9 Å². The molecule has 176 valence electrons. The van der Waals surface area contributed by atoms with Crippen LogP contribution in [0.3, 0.4) is 0 Å². The first kappa shape index (κ1) is 24.5. The van der Waals surface area contributed by atoms with Crippen molar-refractivity contribution < 1.29 is 23.9 Å². The minimum atomic E-state index is -1.00. The maximum atomic E-state index is 12.3. The third kappa shape index (κ3) is 6.69. The van der Waals surface area contributed by atoms with Gasteiger partial charge in [0.25, 0.3) is 5.91 Å². The van der Waals surface area contributed by atoms with Crippen LogP contribution >= 0.6 is 11.6 Å². The lowest BCUT2D eigenvalue weighted by Crippen LogP contribution is -2.33. The number of nitro groups is 1. The summed E-state index contributed by atoms with van der Waals surface area (Å²) in [6.07, 6.45) is 0.428. The molecule has 1 atom stereocenters. The molecule has 0 radical (unpaired) electrons. The number of rotatable bonds is 10. The summed E-state index contributed by atoms with van der Waals surface area (Å²) < 4.78 is 16.6. The van der Waals surface area contributed by atoms with E-state index >= 15 is 0 Å². The second-order valence-electron chi connectivity index (χ2n) is 7.04. The summed E-state index contributed by atoms with van der Waals surface area (Å²) in [5.74, 6) is 0.477. The van der Waals surface area contributed by atoms with E-state index in [1.54, 1.807) is 36.4 Å². The quantitative estimate of drug-likeness (QED) is 0.253. The molecule has 1 N–H and O–H groups in total. The van der Waals surface area contributed by atoms with Crippen LogP contribution in [-0.4, -0.2) is 30.3 Å². The molecule has 0 heterocycles. The van der Waals surface area contributed by atoms with Crippen molar-refractivity contribution in [3.8, 4) is 17.2 Å². The molecule has 0 unspecified atom stereocenters. The number of ether oxygens (including phenoxy) is 3. The monoisotopic (exact) mass is 483 g/mol. The standard InChI is InChI=1S/C24H22ClN3O6/c1-16(34-21-6-4-3-5-20(21)28(30)31)24(29)27-26-14-18-9-12-22(23(13-18)32-2)33-15-17-7-10-19(25)11-8-17/h3-14,16H,15H2,1-2H3,(H,27,29)/b26-14-/t16-/m0/s1. The maximum absolute atomic E-state index is 12.3. The van der Waals surface area contributed by atoms with Gasteiger partial charge in [-0.05, 0) is 54.4 Å². The van der Waals surface area contributed by atoms with E-state index in [0.717, 1.165) is 5.56 Å². The van der Waals surface area contributed by atoms with E-state index in [1.165, 1.54) is 38.4 Å². The number of hydrogen-bond donors (Lipinski definition) is 1. The molecule has 0 aliphatic carbocycles. The Balaban J connectivity index is 1.58. The fourth-order valence-electron chi connectivity index (χ4n) is 2.84. The van der Waals surface area contributed by atoms with Gasteiger partial charge in [-0.25, -0.2) is 5.43 Å². The summed E-state index contributed by atoms with van der Waals surface area (Å²) in [5.41, 5.74) is 3.74. The van der Waals surface area contributed by atoms with Gasteiger partial charge in [-0.15, -0.1) is 0 Å². The van der Waals surface area contributed by atoms with Crippen molar-refractivity contribution in [2.45, 2.75) is 19.6 Å². The molecule has 1 amide bonds. The number of carbonyl (C=O) groups is 1. The predicted molar refractivity (Wildman–Crippen MR) is 128 cm³/mol. The normalized spacial score (nSPS) is 11.6. The lowest BCUT2D eigenvalue weighted by Gasteiger charge is -2.13. The Morgan fingerprint density at radius 2 is 1.85 bits per heavy atom. The molecule has 3 aromatic rings. The zero-order chi connectivity index (χ0) is 24.5. The fraction of sp³-hybridized carbons (Fsp3) is 0.167. The number of nitro benzene ring substituents is 1. The Morgan fingerprint density at radius 3 is 2.56 bits per heavy atom. The Morgan fingerprint density at radius 1 is 1.12 bits per heavy atom. The van der Waals surface area contributed by atoms with Crippen LogP contribution in [0.25, 0.3) is 0 Å². The smallest absolute Gasteiger partial charge is 0.310 e. The first-order valence-electron chi connectivity index (χ1n) is 10.2. The molecule has 34 heavy (non-hydrogen) atoms. The highest BCUT2D eigenvalue weighted by atomic mass is 35.5. The highest BCUT2D eigenvalue weighted by molar-refractivity contribution is 6.30. The Bertz CT molecular complexity index is 1180. The Kier molecular flexibility index (Phi) is 8.42. The highest BCUT2D eigenvalue weighted by Crippen LogP contribution is 2.29. The van der Waals surface area contributed by atoms with E-state index in [4.69, 9.17) is 25.8 Å². The third-order valence-electron chi connectivity index (χ3n) is 4.62.